The second-order valence-electron chi connectivity index (χ2n) is 5.55. The van der Waals surface area contributed by atoms with E-state index >= 15 is 0 Å². The van der Waals surface area contributed by atoms with Gasteiger partial charge in [-0.15, -0.1) is 11.3 Å². The van der Waals surface area contributed by atoms with Gasteiger partial charge in [-0.2, -0.15) is 11.8 Å². The van der Waals surface area contributed by atoms with Crippen LogP contribution in [0.1, 0.15) is 22.4 Å². The van der Waals surface area contributed by atoms with Crippen molar-refractivity contribution in [2.24, 2.45) is 0 Å². The molecule has 23 heavy (non-hydrogen) atoms. The van der Waals surface area contributed by atoms with E-state index < -0.39 is 0 Å². The van der Waals surface area contributed by atoms with Gasteiger partial charge in [0.15, 0.2) is 5.13 Å². The van der Waals surface area contributed by atoms with E-state index in [9.17, 15) is 0 Å². The number of aromatic nitrogens is 1. The summed E-state index contributed by atoms with van der Waals surface area (Å²) in [5, 5.41) is 6.47. The number of anilines is 2. The normalized spacial score (nSPS) is 10.7. The number of nitrogens with one attached hydrogen (secondary N) is 1. The van der Waals surface area contributed by atoms with Gasteiger partial charge in [0, 0.05) is 22.6 Å². The molecule has 0 radical (unpaired) electrons. The van der Waals surface area contributed by atoms with Gasteiger partial charge in [0.25, 0.3) is 0 Å². The fourth-order valence-corrected chi connectivity index (χ4v) is 4.07. The minimum Gasteiger partial charge on any atom is -0.332 e. The van der Waals surface area contributed by atoms with E-state index in [0.29, 0.717) is 0 Å². The number of benzene rings is 2. The lowest BCUT2D eigenvalue weighted by atomic mass is 10.1. The first kappa shape index (κ1) is 16.1. The molecule has 3 aromatic rings. The van der Waals surface area contributed by atoms with Crippen LogP contribution in [0.15, 0.2) is 53.9 Å². The average Bonchev–Trinajstić information content (AvgIpc) is 2.99. The zero-order valence-electron chi connectivity index (χ0n) is 13.4. The highest BCUT2D eigenvalue weighted by Crippen LogP contribution is 2.25. The zero-order valence-corrected chi connectivity index (χ0v) is 15.0. The van der Waals surface area contributed by atoms with Gasteiger partial charge in [0.2, 0.25) is 0 Å². The third-order valence-corrected chi connectivity index (χ3v) is 5.44. The molecule has 118 valence electrons. The monoisotopic (exact) mass is 340 g/mol. The minimum absolute atomic E-state index is 0.945. The predicted molar refractivity (Wildman–Crippen MR) is 103 cm³/mol. The molecule has 2 nitrogen and oxygen atoms in total. The van der Waals surface area contributed by atoms with Crippen molar-refractivity contribution in [2.45, 2.75) is 25.4 Å². The Hall–Kier alpha value is -1.78. The Morgan fingerprint density at radius 1 is 1.00 bits per heavy atom. The quantitative estimate of drug-likeness (QED) is 0.601. The van der Waals surface area contributed by atoms with Gasteiger partial charge in [-0.25, -0.2) is 4.98 Å². The van der Waals surface area contributed by atoms with Crippen molar-refractivity contribution >= 4 is 33.9 Å². The van der Waals surface area contributed by atoms with Crippen molar-refractivity contribution in [3.8, 4) is 0 Å². The van der Waals surface area contributed by atoms with Crippen molar-refractivity contribution in [2.75, 3.05) is 5.32 Å². The van der Waals surface area contributed by atoms with E-state index in [1.165, 1.54) is 16.7 Å². The molecule has 0 bridgehead atoms. The second-order valence-corrected chi connectivity index (χ2v) is 7.40. The van der Waals surface area contributed by atoms with Crippen molar-refractivity contribution < 1.29 is 0 Å². The van der Waals surface area contributed by atoms with Crippen LogP contribution < -0.4 is 5.32 Å². The third-order valence-electron chi connectivity index (χ3n) is 3.62. The van der Waals surface area contributed by atoms with Gasteiger partial charge in [0.05, 0.1) is 5.69 Å². The molecule has 3 rings (SSSR count). The molecular weight excluding hydrogens is 320 g/mol. The fourth-order valence-electron chi connectivity index (χ4n) is 2.23. The molecule has 1 aromatic heterocycles. The zero-order chi connectivity index (χ0) is 16.1. The van der Waals surface area contributed by atoms with E-state index in [0.717, 1.165) is 28.0 Å². The minimum atomic E-state index is 0.945. The molecule has 1 heterocycles. The van der Waals surface area contributed by atoms with Gasteiger partial charge in [0.1, 0.15) is 0 Å². The van der Waals surface area contributed by atoms with Crippen LogP contribution in [-0.4, -0.2) is 4.98 Å². The van der Waals surface area contributed by atoms with Crippen molar-refractivity contribution in [1.82, 2.24) is 4.98 Å². The smallest absolute Gasteiger partial charge is 0.187 e. The van der Waals surface area contributed by atoms with Crippen LogP contribution in [0.4, 0.5) is 10.8 Å². The third kappa shape index (κ3) is 4.60. The average molecular weight is 341 g/mol. The number of hydrogen-bond donors (Lipinski definition) is 1. The largest absolute Gasteiger partial charge is 0.332 e. The molecule has 0 aliphatic carbocycles. The van der Waals surface area contributed by atoms with E-state index in [4.69, 9.17) is 0 Å². The summed E-state index contributed by atoms with van der Waals surface area (Å²) in [4.78, 5) is 4.67. The lowest BCUT2D eigenvalue weighted by Crippen LogP contribution is -1.91. The fraction of sp³-hybridized carbons (Fsp3) is 0.211. The molecule has 0 saturated carbocycles. The van der Waals surface area contributed by atoms with Gasteiger partial charge in [-0.3, -0.25) is 0 Å². The number of hydrogen-bond acceptors (Lipinski definition) is 4. The molecule has 4 heteroatoms. The topological polar surface area (TPSA) is 24.9 Å². The molecule has 0 aliphatic rings. The maximum Gasteiger partial charge on any atom is 0.187 e. The van der Waals surface area contributed by atoms with Crippen LogP contribution in [0.2, 0.25) is 0 Å². The Bertz CT molecular complexity index is 763. The van der Waals surface area contributed by atoms with Crippen LogP contribution >= 0.6 is 23.1 Å². The molecule has 0 amide bonds. The summed E-state index contributed by atoms with van der Waals surface area (Å²) in [7, 11) is 0. The first-order chi connectivity index (χ1) is 11.2. The first-order valence-corrected chi connectivity index (χ1v) is 9.64. The van der Waals surface area contributed by atoms with Crippen LogP contribution in [-0.2, 0) is 11.5 Å². The summed E-state index contributed by atoms with van der Waals surface area (Å²) >= 11 is 3.57. The summed E-state index contributed by atoms with van der Waals surface area (Å²) in [6.45, 7) is 4.26. The molecule has 1 N–H and O–H groups in total. The maximum absolute atomic E-state index is 4.67. The van der Waals surface area contributed by atoms with E-state index in [1.807, 2.05) is 11.8 Å². The molecular formula is C19H20N2S2. The van der Waals surface area contributed by atoms with Gasteiger partial charge >= 0.3 is 0 Å². The van der Waals surface area contributed by atoms with Crippen molar-refractivity contribution in [1.29, 1.82) is 0 Å². The first-order valence-electron chi connectivity index (χ1n) is 7.61. The summed E-state index contributed by atoms with van der Waals surface area (Å²) in [5.41, 5.74) is 6.26. The Morgan fingerprint density at radius 2 is 1.78 bits per heavy atom. The number of rotatable bonds is 6. The lowest BCUT2D eigenvalue weighted by molar-refractivity contribution is 1.22. The Morgan fingerprint density at radius 3 is 2.57 bits per heavy atom. The highest BCUT2D eigenvalue weighted by molar-refractivity contribution is 7.97. The molecule has 0 saturated heterocycles. The number of nitrogens with zero attached hydrogens (tertiary/aromatic N) is 1. The SMILES string of the molecule is Cc1ccc(Nc2nc(CSCc3ccccc3C)cs2)cc1. The number of aryl methyl sites for hydroxylation is 2. The van der Waals surface area contributed by atoms with Gasteiger partial charge < -0.3 is 5.32 Å². The summed E-state index contributed by atoms with van der Waals surface area (Å²) < 4.78 is 0. The van der Waals surface area contributed by atoms with Gasteiger partial charge in [-0.05, 0) is 37.1 Å². The Balaban J connectivity index is 1.53. The number of thiazole rings is 1. The Kier molecular flexibility index (Phi) is 5.36. The van der Waals surface area contributed by atoms with E-state index in [1.54, 1.807) is 11.3 Å². The number of thioether (sulfide) groups is 1. The molecule has 0 unspecified atom stereocenters. The molecule has 2 aromatic carbocycles. The standard InChI is InChI=1S/C19H20N2S2/c1-14-7-9-17(10-8-14)20-19-21-18(13-23-19)12-22-11-16-6-4-3-5-15(16)2/h3-10,13H,11-12H2,1-2H3,(H,20,21). The second kappa shape index (κ2) is 7.66. The highest BCUT2D eigenvalue weighted by atomic mass is 32.2. The summed E-state index contributed by atoms with van der Waals surface area (Å²) in [6, 6.07) is 17.0. The van der Waals surface area contributed by atoms with Crippen LogP contribution in [0.3, 0.4) is 0 Å². The van der Waals surface area contributed by atoms with Gasteiger partial charge in [-0.1, -0.05) is 42.0 Å². The molecule has 0 spiro atoms. The van der Waals surface area contributed by atoms with Crippen molar-refractivity contribution in [3.63, 3.8) is 0 Å². The van der Waals surface area contributed by atoms with Crippen LogP contribution in [0.25, 0.3) is 0 Å². The van der Waals surface area contributed by atoms with Crippen LogP contribution in [0, 0.1) is 13.8 Å². The summed E-state index contributed by atoms with van der Waals surface area (Å²) in [6.07, 6.45) is 0. The Labute approximate surface area is 146 Å². The van der Waals surface area contributed by atoms with E-state index in [-0.39, 0.29) is 0 Å². The predicted octanol–water partition coefficient (Wildman–Crippen LogP) is 5.94. The molecule has 0 aliphatic heterocycles. The molecule has 0 atom stereocenters. The lowest BCUT2D eigenvalue weighted by Gasteiger charge is -2.04. The summed E-state index contributed by atoms with van der Waals surface area (Å²) in [5.74, 6) is 1.98. The highest BCUT2D eigenvalue weighted by Gasteiger charge is 2.04. The molecule has 0 fully saturated rings. The maximum atomic E-state index is 4.67. The van der Waals surface area contributed by atoms with E-state index in [2.05, 4.69) is 78.1 Å². The van der Waals surface area contributed by atoms with Crippen LogP contribution in [0.5, 0.6) is 0 Å². The van der Waals surface area contributed by atoms with Crippen molar-refractivity contribution in [3.05, 3.63) is 76.3 Å².